The highest BCUT2D eigenvalue weighted by atomic mass is 32.2. The Bertz CT molecular complexity index is 995. The fraction of sp³-hybridized carbons (Fsp3) is 0.227. The molecular formula is C22H24N3O3PS. The summed E-state index contributed by atoms with van der Waals surface area (Å²) in [7, 11) is -2.99. The van der Waals surface area contributed by atoms with E-state index in [0.717, 1.165) is 10.6 Å². The zero-order chi connectivity index (χ0) is 21.4. The molecule has 0 atom stereocenters. The lowest BCUT2D eigenvalue weighted by atomic mass is 10.4. The minimum atomic E-state index is -2.99. The summed E-state index contributed by atoms with van der Waals surface area (Å²) >= 11 is 1.25. The van der Waals surface area contributed by atoms with Gasteiger partial charge in [-0.1, -0.05) is 78.5 Å². The Kier molecular flexibility index (Phi) is 7.66. The molecule has 1 heterocycles. The molecule has 30 heavy (non-hydrogen) atoms. The molecule has 1 aromatic heterocycles. The fourth-order valence-corrected chi connectivity index (χ4v) is 6.42. The van der Waals surface area contributed by atoms with Crippen LogP contribution in [0, 0.1) is 0 Å². The number of allylic oxidation sites excluding steroid dienone is 1. The molecule has 0 aliphatic carbocycles. The molecule has 0 fully saturated rings. The van der Waals surface area contributed by atoms with E-state index in [9.17, 15) is 9.36 Å². The highest BCUT2D eigenvalue weighted by molar-refractivity contribution is 7.99. The van der Waals surface area contributed by atoms with Gasteiger partial charge in [0.25, 0.3) is 0 Å². The van der Waals surface area contributed by atoms with Crippen LogP contribution in [0.25, 0.3) is 0 Å². The number of hydrogen-bond donors (Lipinski definition) is 0. The van der Waals surface area contributed by atoms with Gasteiger partial charge in [0.15, 0.2) is 12.3 Å². The summed E-state index contributed by atoms with van der Waals surface area (Å²) in [6.07, 6.45) is 1.96. The van der Waals surface area contributed by atoms with Crippen molar-refractivity contribution in [3.05, 3.63) is 79.1 Å². The predicted octanol–water partition coefficient (Wildman–Crippen LogP) is 3.63. The number of esters is 1. The average molecular weight is 441 g/mol. The lowest BCUT2D eigenvalue weighted by molar-refractivity contribution is -0.139. The lowest BCUT2D eigenvalue weighted by Gasteiger charge is -2.19. The van der Waals surface area contributed by atoms with Crippen LogP contribution in [-0.4, -0.2) is 33.1 Å². The van der Waals surface area contributed by atoms with Crippen LogP contribution >= 0.6 is 18.9 Å². The standard InChI is InChI=1S/C22H24N3O3PS/c1-3-15-25-20(23-24-22(25)30-17-21(26)28-4-2)16-29(27,18-11-7-5-8-12-18)19-13-9-6-10-14-19/h3,5-14H,1,4,15-17H2,2H3. The largest absolute Gasteiger partial charge is 0.465 e. The fourth-order valence-electron chi connectivity index (χ4n) is 3.05. The third-order valence-electron chi connectivity index (χ3n) is 4.44. The summed E-state index contributed by atoms with van der Waals surface area (Å²) < 4.78 is 21.2. The van der Waals surface area contributed by atoms with Gasteiger partial charge in [-0.25, -0.2) is 0 Å². The Hall–Kier alpha value is -2.63. The first-order valence-corrected chi connectivity index (χ1v) is 12.5. The number of aromatic nitrogens is 3. The van der Waals surface area contributed by atoms with Gasteiger partial charge in [0.2, 0.25) is 0 Å². The normalized spacial score (nSPS) is 11.2. The third-order valence-corrected chi connectivity index (χ3v) is 8.37. The molecule has 0 aliphatic heterocycles. The Morgan fingerprint density at radius 3 is 2.23 bits per heavy atom. The van der Waals surface area contributed by atoms with E-state index >= 15 is 0 Å². The molecule has 0 radical (unpaired) electrons. The molecule has 0 N–H and O–H groups in total. The van der Waals surface area contributed by atoms with Crippen LogP contribution in [-0.2, 0) is 26.8 Å². The van der Waals surface area contributed by atoms with Crippen molar-refractivity contribution in [2.75, 3.05) is 12.4 Å². The van der Waals surface area contributed by atoms with Crippen LogP contribution in [0.15, 0.2) is 78.5 Å². The summed E-state index contributed by atoms with van der Waals surface area (Å²) in [6, 6.07) is 18.9. The molecule has 0 saturated carbocycles. The first-order chi connectivity index (χ1) is 14.6. The minimum absolute atomic E-state index is 0.137. The molecule has 0 unspecified atom stereocenters. The van der Waals surface area contributed by atoms with Crippen LogP contribution in [0.4, 0.5) is 0 Å². The van der Waals surface area contributed by atoms with Crippen LogP contribution in [0.5, 0.6) is 0 Å². The van der Waals surface area contributed by atoms with Gasteiger partial charge in [0.05, 0.1) is 18.5 Å². The van der Waals surface area contributed by atoms with Crippen molar-refractivity contribution in [2.24, 2.45) is 0 Å². The number of carbonyl (C=O) groups excluding carboxylic acids is 1. The first-order valence-electron chi connectivity index (χ1n) is 9.60. The van der Waals surface area contributed by atoms with Gasteiger partial charge in [-0.2, -0.15) is 0 Å². The summed E-state index contributed by atoms with van der Waals surface area (Å²) in [5.74, 6) is 0.423. The number of ether oxygens (including phenoxy) is 1. The van der Waals surface area contributed by atoms with E-state index in [1.165, 1.54) is 11.8 Å². The molecule has 0 aliphatic rings. The van der Waals surface area contributed by atoms with Crippen molar-refractivity contribution in [3.63, 3.8) is 0 Å². The second kappa shape index (κ2) is 10.4. The highest BCUT2D eigenvalue weighted by Gasteiger charge is 2.30. The van der Waals surface area contributed by atoms with Crippen molar-refractivity contribution in [1.29, 1.82) is 0 Å². The summed E-state index contributed by atoms with van der Waals surface area (Å²) in [6.45, 7) is 6.37. The molecule has 2 aromatic carbocycles. The van der Waals surface area contributed by atoms with E-state index in [0.29, 0.717) is 24.1 Å². The highest BCUT2D eigenvalue weighted by Crippen LogP contribution is 2.46. The van der Waals surface area contributed by atoms with E-state index in [1.54, 1.807) is 13.0 Å². The molecular weight excluding hydrogens is 417 g/mol. The van der Waals surface area contributed by atoms with Gasteiger partial charge < -0.3 is 13.9 Å². The van der Waals surface area contributed by atoms with Gasteiger partial charge in [-0.05, 0) is 6.92 Å². The van der Waals surface area contributed by atoms with Crippen molar-refractivity contribution in [3.8, 4) is 0 Å². The number of thioether (sulfide) groups is 1. The number of benzene rings is 2. The SMILES string of the molecule is C=CCn1c(CP(=O)(c2ccccc2)c2ccccc2)nnc1SCC(=O)OCC. The summed E-state index contributed by atoms with van der Waals surface area (Å²) in [5, 5.41) is 10.7. The van der Waals surface area contributed by atoms with Crippen LogP contribution in [0.1, 0.15) is 12.7 Å². The minimum Gasteiger partial charge on any atom is -0.465 e. The molecule has 6 nitrogen and oxygen atoms in total. The van der Waals surface area contributed by atoms with Gasteiger partial charge in [0.1, 0.15) is 5.82 Å². The maximum Gasteiger partial charge on any atom is 0.316 e. The van der Waals surface area contributed by atoms with E-state index in [2.05, 4.69) is 16.8 Å². The van der Waals surface area contributed by atoms with Crippen LogP contribution < -0.4 is 10.6 Å². The molecule has 0 bridgehead atoms. The number of hydrogen-bond acceptors (Lipinski definition) is 6. The molecule has 3 rings (SSSR count). The molecule has 0 saturated heterocycles. The van der Waals surface area contributed by atoms with Crippen molar-refractivity contribution < 1.29 is 14.1 Å². The topological polar surface area (TPSA) is 74.1 Å². The number of carbonyl (C=O) groups is 1. The molecule has 0 spiro atoms. The van der Waals surface area contributed by atoms with E-state index in [1.807, 2.05) is 65.2 Å². The van der Waals surface area contributed by atoms with E-state index in [4.69, 9.17) is 4.74 Å². The predicted molar refractivity (Wildman–Crippen MR) is 121 cm³/mol. The Labute approximate surface area is 180 Å². The Morgan fingerprint density at radius 1 is 1.10 bits per heavy atom. The van der Waals surface area contributed by atoms with Crippen LogP contribution in [0.3, 0.4) is 0 Å². The van der Waals surface area contributed by atoms with Crippen molar-refractivity contribution in [2.45, 2.75) is 24.8 Å². The zero-order valence-electron chi connectivity index (χ0n) is 16.8. The maximum absolute atomic E-state index is 14.3. The molecule has 0 amide bonds. The molecule has 156 valence electrons. The van der Waals surface area contributed by atoms with E-state index in [-0.39, 0.29) is 17.9 Å². The second-order valence-corrected chi connectivity index (χ2v) is 10.2. The monoisotopic (exact) mass is 441 g/mol. The molecule has 3 aromatic rings. The second-order valence-electron chi connectivity index (χ2n) is 6.46. The lowest BCUT2D eigenvalue weighted by Crippen LogP contribution is -2.19. The smallest absolute Gasteiger partial charge is 0.316 e. The first kappa shape index (κ1) is 22.1. The van der Waals surface area contributed by atoms with Gasteiger partial charge >= 0.3 is 5.97 Å². The maximum atomic E-state index is 14.3. The van der Waals surface area contributed by atoms with Crippen LogP contribution in [0.2, 0.25) is 0 Å². The Balaban J connectivity index is 1.96. The van der Waals surface area contributed by atoms with Crippen molar-refractivity contribution >= 4 is 35.5 Å². The van der Waals surface area contributed by atoms with Gasteiger partial charge in [0, 0.05) is 17.2 Å². The number of rotatable bonds is 10. The summed E-state index contributed by atoms with van der Waals surface area (Å²) in [4.78, 5) is 11.7. The van der Waals surface area contributed by atoms with E-state index < -0.39 is 7.14 Å². The van der Waals surface area contributed by atoms with Crippen molar-refractivity contribution in [1.82, 2.24) is 14.8 Å². The quantitative estimate of drug-likeness (QED) is 0.207. The third kappa shape index (κ3) is 5.10. The molecule has 8 heteroatoms. The zero-order valence-corrected chi connectivity index (χ0v) is 18.5. The number of nitrogens with zero attached hydrogens (tertiary/aromatic N) is 3. The van der Waals surface area contributed by atoms with Gasteiger partial charge in [-0.3, -0.25) is 4.79 Å². The summed E-state index contributed by atoms with van der Waals surface area (Å²) in [5.41, 5.74) is 0. The van der Waals surface area contributed by atoms with Gasteiger partial charge in [-0.15, -0.1) is 16.8 Å². The Morgan fingerprint density at radius 2 is 1.70 bits per heavy atom. The average Bonchev–Trinajstić information content (AvgIpc) is 3.15.